The summed E-state index contributed by atoms with van der Waals surface area (Å²) in [6.45, 7) is 0. The quantitative estimate of drug-likeness (QED) is 0.403. The van der Waals surface area contributed by atoms with E-state index in [1.165, 1.54) is 11.8 Å². The second kappa shape index (κ2) is 11.0. The van der Waals surface area contributed by atoms with Crippen LogP contribution in [0.25, 0.3) is 0 Å². The number of para-hydroxylation sites is 1. The Kier molecular flexibility index (Phi) is 8.66. The Balaban J connectivity index is 1.65. The molecule has 0 saturated heterocycles. The Morgan fingerprint density at radius 1 is 0.889 bits per heavy atom. The molecule has 142 valence electrons. The highest BCUT2D eigenvalue weighted by molar-refractivity contribution is 8.00. The van der Waals surface area contributed by atoms with Gasteiger partial charge in [0.05, 0.1) is 27.2 Å². The summed E-state index contributed by atoms with van der Waals surface area (Å²) in [7, 11) is 0. The minimum Gasteiger partial charge on any atom is -0.330 e. The van der Waals surface area contributed by atoms with Gasteiger partial charge in [0.25, 0.3) is 0 Å². The van der Waals surface area contributed by atoms with Gasteiger partial charge in [-0.15, -0.1) is 11.8 Å². The maximum Gasteiger partial charge on any atom is 0.248 e. The molecule has 0 radical (unpaired) electrons. The highest BCUT2D eigenvalue weighted by Crippen LogP contribution is 2.29. The number of rotatable bonds is 6. The lowest BCUT2D eigenvalue weighted by atomic mass is 10.3. The van der Waals surface area contributed by atoms with Crippen molar-refractivity contribution in [1.82, 2.24) is 10.9 Å². The summed E-state index contributed by atoms with van der Waals surface area (Å²) in [5.74, 6) is -0.257. The van der Waals surface area contributed by atoms with Gasteiger partial charge in [0.15, 0.2) is 5.11 Å². The lowest BCUT2D eigenvalue weighted by Gasteiger charge is -2.13. The van der Waals surface area contributed by atoms with E-state index >= 15 is 0 Å². The fourth-order valence-corrected chi connectivity index (χ4v) is 3.00. The summed E-state index contributed by atoms with van der Waals surface area (Å²) in [6, 6.07) is 14.2. The molecule has 0 aliphatic heterocycles. The van der Waals surface area contributed by atoms with Crippen LogP contribution in [0.5, 0.6) is 0 Å². The Morgan fingerprint density at radius 2 is 1.59 bits per heavy atom. The number of thiocarbonyl (C=S) groups is 1. The summed E-state index contributed by atoms with van der Waals surface area (Å²) < 4.78 is 0. The van der Waals surface area contributed by atoms with Crippen molar-refractivity contribution in [2.75, 3.05) is 22.1 Å². The Morgan fingerprint density at radius 3 is 2.33 bits per heavy atom. The fourth-order valence-electron chi connectivity index (χ4n) is 1.87. The molecule has 0 aliphatic rings. The Labute approximate surface area is 176 Å². The van der Waals surface area contributed by atoms with E-state index in [-0.39, 0.29) is 28.4 Å². The number of carbonyl (C=O) groups is 2. The molecule has 2 aromatic carbocycles. The zero-order valence-corrected chi connectivity index (χ0v) is 17.1. The van der Waals surface area contributed by atoms with Crippen LogP contribution >= 0.6 is 47.2 Å². The average molecular weight is 443 g/mol. The van der Waals surface area contributed by atoms with Crippen LogP contribution < -0.4 is 21.5 Å². The van der Waals surface area contributed by atoms with Gasteiger partial charge in [-0.3, -0.25) is 20.4 Å². The SMILES string of the molecule is O=C(CSCC(=O)Nc1ccccc1)NNC(=S)Nc1cccc(Cl)c1Cl. The fraction of sp³-hybridized carbons (Fsp3) is 0.118. The molecule has 0 heterocycles. The molecule has 0 aliphatic carbocycles. The van der Waals surface area contributed by atoms with Crippen LogP contribution in [0.3, 0.4) is 0 Å². The van der Waals surface area contributed by atoms with Crippen molar-refractivity contribution in [2.45, 2.75) is 0 Å². The van der Waals surface area contributed by atoms with Crippen LogP contribution in [-0.2, 0) is 9.59 Å². The van der Waals surface area contributed by atoms with E-state index in [4.69, 9.17) is 35.4 Å². The zero-order valence-electron chi connectivity index (χ0n) is 13.9. The van der Waals surface area contributed by atoms with Gasteiger partial charge in [-0.1, -0.05) is 47.5 Å². The van der Waals surface area contributed by atoms with Crippen LogP contribution in [0, 0.1) is 0 Å². The maximum absolute atomic E-state index is 11.8. The van der Waals surface area contributed by atoms with E-state index in [1.54, 1.807) is 30.3 Å². The molecule has 0 unspecified atom stereocenters. The molecule has 0 atom stereocenters. The molecule has 2 amide bonds. The number of hydrogen-bond donors (Lipinski definition) is 4. The molecular formula is C17H16Cl2N4O2S2. The zero-order chi connectivity index (χ0) is 19.6. The van der Waals surface area contributed by atoms with Gasteiger partial charge >= 0.3 is 0 Å². The van der Waals surface area contributed by atoms with Crippen LogP contribution in [0.1, 0.15) is 0 Å². The third kappa shape index (κ3) is 7.64. The van der Waals surface area contributed by atoms with Gasteiger partial charge in [0, 0.05) is 5.69 Å². The molecule has 2 aromatic rings. The molecule has 0 bridgehead atoms. The Bertz CT molecular complexity index is 822. The standard InChI is InChI=1S/C17H16Cl2N4O2S2/c18-12-7-4-8-13(16(12)19)21-17(26)23-22-15(25)10-27-9-14(24)20-11-5-2-1-3-6-11/h1-8H,9-10H2,(H,20,24)(H,22,25)(H2,21,23,26). The molecule has 0 fully saturated rings. The predicted molar refractivity (Wildman–Crippen MR) is 116 cm³/mol. The predicted octanol–water partition coefficient (Wildman–Crippen LogP) is 3.68. The summed E-state index contributed by atoms with van der Waals surface area (Å²) in [5, 5.41) is 6.44. The van der Waals surface area contributed by atoms with Crippen molar-refractivity contribution in [1.29, 1.82) is 0 Å². The molecule has 2 rings (SSSR count). The van der Waals surface area contributed by atoms with Crippen molar-refractivity contribution < 1.29 is 9.59 Å². The molecule has 4 N–H and O–H groups in total. The number of hydrazine groups is 1. The van der Waals surface area contributed by atoms with Gasteiger partial charge in [0.1, 0.15) is 0 Å². The summed E-state index contributed by atoms with van der Waals surface area (Å²) >= 11 is 18.2. The number of thioether (sulfide) groups is 1. The van der Waals surface area contributed by atoms with Crippen molar-refractivity contribution in [3.63, 3.8) is 0 Å². The summed E-state index contributed by atoms with van der Waals surface area (Å²) in [4.78, 5) is 23.6. The number of amides is 2. The number of nitrogens with one attached hydrogen (secondary N) is 4. The topological polar surface area (TPSA) is 82.3 Å². The van der Waals surface area contributed by atoms with Crippen molar-refractivity contribution in [3.8, 4) is 0 Å². The van der Waals surface area contributed by atoms with E-state index in [0.29, 0.717) is 21.4 Å². The third-order valence-corrected chi connectivity index (χ3v) is 4.99. The smallest absolute Gasteiger partial charge is 0.248 e. The van der Waals surface area contributed by atoms with Crippen LogP contribution in [-0.4, -0.2) is 28.4 Å². The maximum atomic E-state index is 11.8. The molecule has 6 nitrogen and oxygen atoms in total. The minimum absolute atomic E-state index is 0.0930. The van der Waals surface area contributed by atoms with Crippen LogP contribution in [0.2, 0.25) is 10.0 Å². The van der Waals surface area contributed by atoms with Crippen molar-refractivity contribution >= 4 is 75.5 Å². The highest BCUT2D eigenvalue weighted by atomic mass is 35.5. The lowest BCUT2D eigenvalue weighted by Crippen LogP contribution is -2.44. The number of halogens is 2. The number of carbonyl (C=O) groups excluding carboxylic acids is 2. The number of hydrogen-bond acceptors (Lipinski definition) is 4. The average Bonchev–Trinajstić information content (AvgIpc) is 2.64. The first-order valence-corrected chi connectivity index (χ1v) is 10.00. The minimum atomic E-state index is -0.325. The van der Waals surface area contributed by atoms with Gasteiger partial charge in [-0.2, -0.15) is 0 Å². The van der Waals surface area contributed by atoms with Crippen LogP contribution in [0.4, 0.5) is 11.4 Å². The third-order valence-electron chi connectivity index (χ3n) is 3.04. The van der Waals surface area contributed by atoms with E-state index in [0.717, 1.165) is 0 Å². The first-order valence-electron chi connectivity index (χ1n) is 7.68. The van der Waals surface area contributed by atoms with E-state index in [1.807, 2.05) is 18.2 Å². The summed E-state index contributed by atoms with van der Waals surface area (Å²) in [5.41, 5.74) is 6.23. The van der Waals surface area contributed by atoms with E-state index < -0.39 is 0 Å². The lowest BCUT2D eigenvalue weighted by molar-refractivity contribution is -0.119. The first-order chi connectivity index (χ1) is 13.0. The van der Waals surface area contributed by atoms with Gasteiger partial charge < -0.3 is 10.6 Å². The van der Waals surface area contributed by atoms with Crippen LogP contribution in [0.15, 0.2) is 48.5 Å². The number of benzene rings is 2. The largest absolute Gasteiger partial charge is 0.330 e. The molecule has 0 aromatic heterocycles. The second-order valence-electron chi connectivity index (χ2n) is 5.14. The molecular weight excluding hydrogens is 427 g/mol. The van der Waals surface area contributed by atoms with Crippen molar-refractivity contribution in [2.24, 2.45) is 0 Å². The monoisotopic (exact) mass is 442 g/mol. The van der Waals surface area contributed by atoms with E-state index in [2.05, 4.69) is 21.5 Å². The van der Waals surface area contributed by atoms with E-state index in [9.17, 15) is 9.59 Å². The second-order valence-corrected chi connectivity index (χ2v) is 7.31. The number of anilines is 2. The molecule has 10 heteroatoms. The summed E-state index contributed by atoms with van der Waals surface area (Å²) in [6.07, 6.45) is 0. The van der Waals surface area contributed by atoms with Gasteiger partial charge in [0.2, 0.25) is 11.8 Å². The molecule has 0 saturated carbocycles. The normalized spacial score (nSPS) is 10.0. The Hall–Kier alpha value is -2.00. The first kappa shape index (κ1) is 21.3. The van der Waals surface area contributed by atoms with Gasteiger partial charge in [-0.05, 0) is 36.5 Å². The van der Waals surface area contributed by atoms with Gasteiger partial charge in [-0.25, -0.2) is 0 Å². The van der Waals surface area contributed by atoms with Crippen molar-refractivity contribution in [3.05, 3.63) is 58.6 Å². The molecule has 0 spiro atoms. The highest BCUT2D eigenvalue weighted by Gasteiger charge is 2.08. The molecule has 27 heavy (non-hydrogen) atoms.